The Balaban J connectivity index is 2.16. The summed E-state index contributed by atoms with van der Waals surface area (Å²) in [5.74, 6) is -0.0703. The van der Waals surface area contributed by atoms with Gasteiger partial charge >= 0.3 is 12.2 Å². The van der Waals surface area contributed by atoms with E-state index in [0.717, 1.165) is 17.4 Å². The third-order valence-corrected chi connectivity index (χ3v) is 5.75. The summed E-state index contributed by atoms with van der Waals surface area (Å²) in [6.07, 6.45) is -3.14. The normalized spacial score (nSPS) is 18.8. The molecule has 0 N–H and O–H groups in total. The first-order valence-corrected chi connectivity index (χ1v) is 10.00. The molecule has 2 aromatic carbocycles. The SMILES string of the molecule is CCCCC1(c2ccc(OC)cc2)C(=O)N(c2ccc(C#N)c(C(F)(F)F)c2)C(=O)N1C. The lowest BCUT2D eigenvalue weighted by molar-refractivity contribution is -0.137. The van der Waals surface area contributed by atoms with Gasteiger partial charge in [-0.05, 0) is 42.3 Å². The highest BCUT2D eigenvalue weighted by molar-refractivity contribution is 6.23. The molecular formula is C23H22F3N3O3. The maximum atomic E-state index is 13.7. The fraction of sp³-hybridized carbons (Fsp3) is 0.348. The van der Waals surface area contributed by atoms with Crippen molar-refractivity contribution in [2.24, 2.45) is 0 Å². The van der Waals surface area contributed by atoms with Crippen LogP contribution in [-0.4, -0.2) is 31.0 Å². The van der Waals surface area contributed by atoms with Gasteiger partial charge in [-0.25, -0.2) is 9.69 Å². The lowest BCUT2D eigenvalue weighted by atomic mass is 9.83. The number of hydrogen-bond acceptors (Lipinski definition) is 4. The number of halogens is 3. The van der Waals surface area contributed by atoms with Crippen LogP contribution in [0, 0.1) is 11.3 Å². The van der Waals surface area contributed by atoms with Gasteiger partial charge in [0.1, 0.15) is 11.3 Å². The lowest BCUT2D eigenvalue weighted by Gasteiger charge is -2.33. The number of nitriles is 1. The Morgan fingerprint density at radius 3 is 2.31 bits per heavy atom. The molecule has 0 aliphatic carbocycles. The average Bonchev–Trinajstić information content (AvgIpc) is 2.97. The Hall–Kier alpha value is -3.54. The highest BCUT2D eigenvalue weighted by Gasteiger charge is 2.57. The largest absolute Gasteiger partial charge is 0.497 e. The molecule has 0 spiro atoms. The number of alkyl halides is 3. The maximum absolute atomic E-state index is 13.7. The number of benzene rings is 2. The summed E-state index contributed by atoms with van der Waals surface area (Å²) >= 11 is 0. The molecular weight excluding hydrogens is 423 g/mol. The Kier molecular flexibility index (Phi) is 6.17. The van der Waals surface area contributed by atoms with E-state index in [9.17, 15) is 22.8 Å². The molecule has 1 fully saturated rings. The number of carbonyl (C=O) groups is 2. The minimum absolute atomic E-state index is 0.231. The average molecular weight is 445 g/mol. The third-order valence-electron chi connectivity index (χ3n) is 5.75. The predicted octanol–water partition coefficient (Wildman–Crippen LogP) is 5.07. The number of anilines is 1. The number of methoxy groups -OCH3 is 1. The molecule has 168 valence electrons. The zero-order valence-electron chi connectivity index (χ0n) is 17.9. The van der Waals surface area contributed by atoms with Crippen molar-refractivity contribution >= 4 is 17.6 Å². The molecule has 1 aliphatic rings. The van der Waals surface area contributed by atoms with Crippen LogP contribution in [0.25, 0.3) is 0 Å². The van der Waals surface area contributed by atoms with Crippen LogP contribution in [0.3, 0.4) is 0 Å². The van der Waals surface area contributed by atoms with Crippen molar-refractivity contribution in [3.8, 4) is 11.8 Å². The molecule has 1 unspecified atom stereocenters. The molecule has 1 saturated heterocycles. The summed E-state index contributed by atoms with van der Waals surface area (Å²) in [5.41, 5.74) is -2.84. The first-order valence-electron chi connectivity index (χ1n) is 10.00. The number of imide groups is 1. The Morgan fingerprint density at radius 2 is 1.78 bits per heavy atom. The van der Waals surface area contributed by atoms with Gasteiger partial charge in [-0.2, -0.15) is 18.4 Å². The first kappa shape index (κ1) is 23.1. The van der Waals surface area contributed by atoms with Gasteiger partial charge in [-0.15, -0.1) is 0 Å². The number of nitrogens with zero attached hydrogens (tertiary/aromatic N) is 3. The van der Waals surface area contributed by atoms with Crippen LogP contribution >= 0.6 is 0 Å². The number of carbonyl (C=O) groups excluding carboxylic acids is 2. The van der Waals surface area contributed by atoms with Crippen LogP contribution in [0.1, 0.15) is 42.9 Å². The quantitative estimate of drug-likeness (QED) is 0.582. The molecule has 2 aromatic rings. The van der Waals surface area contributed by atoms with Gasteiger partial charge in [0.2, 0.25) is 0 Å². The van der Waals surface area contributed by atoms with Crippen LogP contribution in [0.4, 0.5) is 23.7 Å². The van der Waals surface area contributed by atoms with Gasteiger partial charge in [0, 0.05) is 7.05 Å². The first-order chi connectivity index (χ1) is 15.1. The van der Waals surface area contributed by atoms with Gasteiger partial charge in [0.05, 0.1) is 30.0 Å². The second-order valence-electron chi connectivity index (χ2n) is 7.51. The molecule has 0 aromatic heterocycles. The second-order valence-corrected chi connectivity index (χ2v) is 7.51. The third kappa shape index (κ3) is 3.66. The van der Waals surface area contributed by atoms with Crippen LogP contribution in [-0.2, 0) is 16.5 Å². The van der Waals surface area contributed by atoms with Crippen LogP contribution < -0.4 is 9.64 Å². The molecule has 32 heavy (non-hydrogen) atoms. The van der Waals surface area contributed by atoms with Crippen molar-refractivity contribution in [2.75, 3.05) is 19.1 Å². The fourth-order valence-electron chi connectivity index (χ4n) is 4.00. The van der Waals surface area contributed by atoms with Crippen molar-refractivity contribution in [2.45, 2.75) is 37.9 Å². The summed E-state index contributed by atoms with van der Waals surface area (Å²) < 4.78 is 45.6. The maximum Gasteiger partial charge on any atom is 0.417 e. The summed E-state index contributed by atoms with van der Waals surface area (Å²) in [4.78, 5) is 28.9. The number of rotatable bonds is 6. The lowest BCUT2D eigenvalue weighted by Crippen LogP contribution is -2.45. The number of hydrogen-bond donors (Lipinski definition) is 0. The standard InChI is InChI=1S/C23H22F3N3O3/c1-4-5-12-22(16-7-10-18(32-3)11-8-16)20(30)29(21(31)28(22)2)17-9-6-15(14-27)19(13-17)23(24,25)26/h6-11,13H,4-5,12H2,1-3H3. The van der Waals surface area contributed by atoms with E-state index in [1.54, 1.807) is 24.3 Å². The summed E-state index contributed by atoms with van der Waals surface area (Å²) in [6, 6.07) is 10.3. The molecule has 1 aliphatic heterocycles. The number of ether oxygens (including phenoxy) is 1. The molecule has 3 rings (SSSR count). The van der Waals surface area contributed by atoms with Gasteiger partial charge in [0.15, 0.2) is 0 Å². The summed E-state index contributed by atoms with van der Waals surface area (Å²) in [7, 11) is 2.97. The summed E-state index contributed by atoms with van der Waals surface area (Å²) in [6.45, 7) is 1.94. The number of amides is 3. The fourth-order valence-corrected chi connectivity index (χ4v) is 4.00. The van der Waals surface area contributed by atoms with E-state index in [4.69, 9.17) is 10.00 Å². The highest BCUT2D eigenvalue weighted by Crippen LogP contribution is 2.44. The van der Waals surface area contributed by atoms with Gasteiger partial charge < -0.3 is 9.64 Å². The Morgan fingerprint density at radius 1 is 1.12 bits per heavy atom. The van der Waals surface area contributed by atoms with Gasteiger partial charge in [0.25, 0.3) is 5.91 Å². The van der Waals surface area contributed by atoms with Crippen molar-refractivity contribution < 1.29 is 27.5 Å². The minimum atomic E-state index is -4.81. The van der Waals surface area contributed by atoms with Crippen LogP contribution in [0.5, 0.6) is 5.75 Å². The van der Waals surface area contributed by atoms with E-state index in [2.05, 4.69) is 0 Å². The zero-order valence-corrected chi connectivity index (χ0v) is 17.9. The van der Waals surface area contributed by atoms with Crippen molar-refractivity contribution in [3.05, 3.63) is 59.2 Å². The molecule has 0 saturated carbocycles. The number of likely N-dealkylation sites (N-methyl/N-ethyl adjacent to an activating group) is 1. The number of urea groups is 1. The molecule has 1 atom stereocenters. The van der Waals surface area contributed by atoms with Gasteiger partial charge in [-0.1, -0.05) is 31.9 Å². The second kappa shape index (κ2) is 8.54. The summed E-state index contributed by atoms with van der Waals surface area (Å²) in [5, 5.41) is 9.04. The van der Waals surface area contributed by atoms with E-state index >= 15 is 0 Å². The molecule has 1 heterocycles. The smallest absolute Gasteiger partial charge is 0.417 e. The zero-order chi connectivity index (χ0) is 23.7. The predicted molar refractivity (Wildman–Crippen MR) is 111 cm³/mol. The van der Waals surface area contributed by atoms with Crippen molar-refractivity contribution in [3.63, 3.8) is 0 Å². The van der Waals surface area contributed by atoms with E-state index in [0.29, 0.717) is 30.2 Å². The van der Waals surface area contributed by atoms with Crippen LogP contribution in [0.15, 0.2) is 42.5 Å². The Bertz CT molecular complexity index is 1080. The van der Waals surface area contributed by atoms with E-state index in [1.807, 2.05) is 6.92 Å². The molecule has 3 amide bonds. The van der Waals surface area contributed by atoms with Gasteiger partial charge in [-0.3, -0.25) is 4.79 Å². The highest BCUT2D eigenvalue weighted by atomic mass is 19.4. The molecule has 9 heteroatoms. The minimum Gasteiger partial charge on any atom is -0.497 e. The Labute approximate surface area is 183 Å². The molecule has 0 radical (unpaired) electrons. The molecule has 0 bridgehead atoms. The van der Waals surface area contributed by atoms with Crippen molar-refractivity contribution in [1.82, 2.24) is 4.90 Å². The van der Waals surface area contributed by atoms with E-state index in [1.165, 1.54) is 31.2 Å². The van der Waals surface area contributed by atoms with Crippen LogP contribution in [0.2, 0.25) is 0 Å². The molecule has 6 nitrogen and oxygen atoms in total. The monoisotopic (exact) mass is 445 g/mol. The topological polar surface area (TPSA) is 73.6 Å². The van der Waals surface area contributed by atoms with E-state index in [-0.39, 0.29) is 5.69 Å². The number of unbranched alkanes of at least 4 members (excludes halogenated alkanes) is 1. The van der Waals surface area contributed by atoms with E-state index < -0.39 is 34.8 Å². The van der Waals surface area contributed by atoms with Crippen molar-refractivity contribution in [1.29, 1.82) is 5.26 Å².